The summed E-state index contributed by atoms with van der Waals surface area (Å²) in [6, 6.07) is 5.90. The number of aryl methyl sites for hydroxylation is 2. The van der Waals surface area contributed by atoms with Crippen LogP contribution in [0.3, 0.4) is 0 Å². The summed E-state index contributed by atoms with van der Waals surface area (Å²) in [5.74, 6) is 1.99. The van der Waals surface area contributed by atoms with Gasteiger partial charge < -0.3 is 14.8 Å². The molecule has 1 aromatic carbocycles. The van der Waals surface area contributed by atoms with Crippen LogP contribution in [0.25, 0.3) is 33.9 Å². The minimum absolute atomic E-state index is 0. The van der Waals surface area contributed by atoms with Crippen molar-refractivity contribution in [2.24, 2.45) is 0 Å². The molecule has 0 bridgehead atoms. The SMILES string of the molecule is Cc1nc2ccc(-c3nc(-c4c(C)ncc5c4CCNC5)no3)cc2[nH]1.Cl.Cl. The maximum Gasteiger partial charge on any atom is 0.258 e. The van der Waals surface area contributed by atoms with Gasteiger partial charge in [0.2, 0.25) is 5.82 Å². The molecule has 1 aliphatic heterocycles. The molecule has 0 radical (unpaired) electrons. The molecule has 0 unspecified atom stereocenters. The number of halogens is 2. The number of nitrogens with zero attached hydrogens (tertiary/aromatic N) is 4. The van der Waals surface area contributed by atoms with Gasteiger partial charge in [-0.3, -0.25) is 4.98 Å². The molecular weight excluding hydrogens is 399 g/mol. The average Bonchev–Trinajstić information content (AvgIpc) is 3.26. The Morgan fingerprint density at radius 3 is 2.82 bits per heavy atom. The number of pyridine rings is 1. The second-order valence-electron chi connectivity index (χ2n) is 6.63. The third-order valence-electron chi connectivity index (χ3n) is 4.83. The summed E-state index contributed by atoms with van der Waals surface area (Å²) in [5.41, 5.74) is 7.16. The summed E-state index contributed by atoms with van der Waals surface area (Å²) >= 11 is 0. The molecule has 2 N–H and O–H groups in total. The normalized spacial score (nSPS) is 12.9. The van der Waals surface area contributed by atoms with Gasteiger partial charge in [0.05, 0.1) is 11.0 Å². The highest BCUT2D eigenvalue weighted by molar-refractivity contribution is 5.85. The van der Waals surface area contributed by atoms with Crippen LogP contribution in [0.1, 0.15) is 22.6 Å². The first-order valence-corrected chi connectivity index (χ1v) is 8.68. The van der Waals surface area contributed by atoms with E-state index in [0.29, 0.717) is 11.7 Å². The summed E-state index contributed by atoms with van der Waals surface area (Å²) < 4.78 is 5.57. The van der Waals surface area contributed by atoms with Crippen LogP contribution < -0.4 is 5.32 Å². The number of aromatic nitrogens is 5. The van der Waals surface area contributed by atoms with Gasteiger partial charge in [0.25, 0.3) is 5.89 Å². The molecule has 3 aromatic heterocycles. The van der Waals surface area contributed by atoms with Crippen molar-refractivity contribution in [3.63, 3.8) is 0 Å². The smallest absolute Gasteiger partial charge is 0.258 e. The van der Waals surface area contributed by atoms with E-state index in [0.717, 1.165) is 53.2 Å². The molecule has 0 fully saturated rings. The van der Waals surface area contributed by atoms with E-state index in [1.54, 1.807) is 0 Å². The van der Waals surface area contributed by atoms with Gasteiger partial charge in [-0.25, -0.2) is 4.98 Å². The van der Waals surface area contributed by atoms with Gasteiger partial charge in [-0.2, -0.15) is 4.98 Å². The summed E-state index contributed by atoms with van der Waals surface area (Å²) in [6.07, 6.45) is 2.88. The van der Waals surface area contributed by atoms with Gasteiger partial charge in [0.1, 0.15) is 5.82 Å². The Morgan fingerprint density at radius 2 is 1.96 bits per heavy atom. The van der Waals surface area contributed by atoms with E-state index >= 15 is 0 Å². The van der Waals surface area contributed by atoms with Gasteiger partial charge in [0.15, 0.2) is 0 Å². The van der Waals surface area contributed by atoms with Crippen molar-refractivity contribution < 1.29 is 4.52 Å². The number of benzene rings is 1. The van der Waals surface area contributed by atoms with E-state index < -0.39 is 0 Å². The van der Waals surface area contributed by atoms with Gasteiger partial charge >= 0.3 is 0 Å². The highest BCUT2D eigenvalue weighted by Crippen LogP contribution is 2.30. The van der Waals surface area contributed by atoms with Crippen LogP contribution in [0.15, 0.2) is 28.9 Å². The number of H-pyrrole nitrogens is 1. The number of hydrogen-bond acceptors (Lipinski definition) is 6. The average molecular weight is 419 g/mol. The molecule has 9 heteroatoms. The lowest BCUT2D eigenvalue weighted by Gasteiger charge is -2.19. The van der Waals surface area contributed by atoms with E-state index in [-0.39, 0.29) is 24.8 Å². The molecule has 4 aromatic rings. The number of aromatic amines is 1. The van der Waals surface area contributed by atoms with Crippen LogP contribution in [-0.2, 0) is 13.0 Å². The van der Waals surface area contributed by atoms with Crippen LogP contribution in [0.4, 0.5) is 0 Å². The Balaban J connectivity index is 0.00000112. The summed E-state index contributed by atoms with van der Waals surface area (Å²) in [4.78, 5) is 16.8. The Labute approximate surface area is 174 Å². The Bertz CT molecular complexity index is 1140. The third-order valence-corrected chi connectivity index (χ3v) is 4.83. The second kappa shape index (κ2) is 7.87. The summed E-state index contributed by atoms with van der Waals surface area (Å²) in [7, 11) is 0. The lowest BCUT2D eigenvalue weighted by molar-refractivity contribution is 0.432. The topological polar surface area (TPSA) is 92.5 Å². The van der Waals surface area contributed by atoms with Gasteiger partial charge in [0, 0.05) is 29.6 Å². The van der Waals surface area contributed by atoms with Gasteiger partial charge in [-0.15, -0.1) is 24.8 Å². The molecule has 0 atom stereocenters. The van der Waals surface area contributed by atoms with Crippen molar-refractivity contribution in [2.75, 3.05) is 6.54 Å². The van der Waals surface area contributed by atoms with Gasteiger partial charge in [-0.1, -0.05) is 5.16 Å². The third kappa shape index (κ3) is 3.37. The highest BCUT2D eigenvalue weighted by Gasteiger charge is 2.21. The molecule has 0 spiro atoms. The fourth-order valence-electron chi connectivity index (χ4n) is 3.58. The predicted octanol–water partition coefficient (Wildman–Crippen LogP) is 3.78. The molecule has 28 heavy (non-hydrogen) atoms. The lowest BCUT2D eigenvalue weighted by atomic mass is 9.95. The molecule has 0 saturated carbocycles. The quantitative estimate of drug-likeness (QED) is 0.514. The fourth-order valence-corrected chi connectivity index (χ4v) is 3.58. The first-order valence-electron chi connectivity index (χ1n) is 8.68. The maximum atomic E-state index is 5.57. The molecule has 146 valence electrons. The van der Waals surface area contributed by atoms with E-state index in [2.05, 4.69) is 30.4 Å². The minimum atomic E-state index is 0. The van der Waals surface area contributed by atoms with Crippen LogP contribution >= 0.6 is 24.8 Å². The number of imidazole rings is 1. The molecule has 0 aliphatic carbocycles. The summed E-state index contributed by atoms with van der Waals surface area (Å²) in [5, 5.41) is 7.62. The van der Waals surface area contributed by atoms with Crippen LogP contribution in [0, 0.1) is 13.8 Å². The zero-order valence-electron chi connectivity index (χ0n) is 15.4. The first-order chi connectivity index (χ1) is 12.7. The van der Waals surface area contributed by atoms with Crippen LogP contribution in [0.5, 0.6) is 0 Å². The van der Waals surface area contributed by atoms with Crippen LogP contribution in [0.2, 0.25) is 0 Å². The molecule has 0 amide bonds. The number of fused-ring (bicyclic) bond motifs is 2. The second-order valence-corrected chi connectivity index (χ2v) is 6.63. The largest absolute Gasteiger partial charge is 0.342 e. The monoisotopic (exact) mass is 418 g/mol. The molecule has 7 nitrogen and oxygen atoms in total. The van der Waals surface area contributed by atoms with Crippen molar-refractivity contribution in [3.05, 3.63) is 47.0 Å². The van der Waals surface area contributed by atoms with Crippen molar-refractivity contribution in [1.82, 2.24) is 30.4 Å². The molecular formula is C19H20Cl2N6O. The standard InChI is InChI=1S/C19H18N6O.2ClH/c1-10-17(14-5-6-20-8-13(14)9-21-10)18-24-19(26-25-18)12-3-4-15-16(7-12)23-11(2)22-15;;/h3-4,7,9,20H,5-6,8H2,1-2H3,(H,22,23);2*1H. The Morgan fingerprint density at radius 1 is 1.11 bits per heavy atom. The number of nitrogens with one attached hydrogen (secondary N) is 2. The van der Waals surface area contributed by atoms with Crippen molar-refractivity contribution in [1.29, 1.82) is 0 Å². The number of hydrogen-bond donors (Lipinski definition) is 2. The fraction of sp³-hybridized carbons (Fsp3) is 0.263. The zero-order valence-corrected chi connectivity index (χ0v) is 17.1. The van der Waals surface area contributed by atoms with E-state index in [9.17, 15) is 0 Å². The molecule has 5 rings (SSSR count). The summed E-state index contributed by atoms with van der Waals surface area (Å²) in [6.45, 7) is 5.71. The van der Waals surface area contributed by atoms with Crippen molar-refractivity contribution in [3.8, 4) is 22.8 Å². The number of rotatable bonds is 2. The zero-order chi connectivity index (χ0) is 17.7. The van der Waals surface area contributed by atoms with E-state index in [1.165, 1.54) is 11.1 Å². The predicted molar refractivity (Wildman–Crippen MR) is 112 cm³/mol. The van der Waals surface area contributed by atoms with E-state index in [4.69, 9.17) is 4.52 Å². The van der Waals surface area contributed by atoms with Crippen molar-refractivity contribution in [2.45, 2.75) is 26.8 Å². The first kappa shape index (κ1) is 20.3. The molecule has 1 aliphatic rings. The van der Waals surface area contributed by atoms with Crippen LogP contribution in [-0.4, -0.2) is 31.6 Å². The maximum absolute atomic E-state index is 5.57. The minimum Gasteiger partial charge on any atom is -0.342 e. The Kier molecular flexibility index (Phi) is 5.69. The Hall–Kier alpha value is -2.48. The van der Waals surface area contributed by atoms with Gasteiger partial charge in [-0.05, 0) is 56.1 Å². The van der Waals surface area contributed by atoms with Crippen molar-refractivity contribution >= 4 is 35.8 Å². The van der Waals surface area contributed by atoms with E-state index in [1.807, 2.05) is 38.2 Å². The molecule has 0 saturated heterocycles. The lowest BCUT2D eigenvalue weighted by Crippen LogP contribution is -2.24. The highest BCUT2D eigenvalue weighted by atomic mass is 35.5. The molecule has 4 heterocycles.